The maximum Gasteiger partial charge on any atom is 0.339 e. The third-order valence-corrected chi connectivity index (χ3v) is 2.45. The maximum atomic E-state index is 11.2. The molecule has 0 saturated heterocycles. The first-order valence-corrected chi connectivity index (χ1v) is 5.57. The van der Waals surface area contributed by atoms with Gasteiger partial charge in [0.15, 0.2) is 0 Å². The molecule has 1 rings (SSSR count). The van der Waals surface area contributed by atoms with Crippen LogP contribution >= 0.6 is 0 Å². The number of carbonyl (C=O) groups excluding carboxylic acids is 1. The fraction of sp³-hybridized carbons (Fsp3) is 0.417. The molecule has 98 valence electrons. The molecule has 0 aliphatic heterocycles. The van der Waals surface area contributed by atoms with Crippen molar-refractivity contribution in [3.05, 3.63) is 22.9 Å². The number of rotatable bonds is 5. The molecule has 1 atom stereocenters. The number of hydrogen-bond donors (Lipinski definition) is 3. The number of carboxylic acid groups (broad SMARTS) is 1. The quantitative estimate of drug-likeness (QED) is 0.726. The monoisotopic (exact) mass is 251 g/mol. The van der Waals surface area contributed by atoms with Gasteiger partial charge in [-0.2, -0.15) is 0 Å². The predicted octanol–water partition coefficient (Wildman–Crippen LogP) is 1.07. The summed E-state index contributed by atoms with van der Waals surface area (Å²) >= 11 is 0. The number of amides is 1. The van der Waals surface area contributed by atoms with Crippen LogP contribution in [0.15, 0.2) is 6.07 Å². The van der Waals surface area contributed by atoms with Crippen molar-refractivity contribution in [1.29, 1.82) is 0 Å². The largest absolute Gasteiger partial charge is 0.478 e. The zero-order valence-electron chi connectivity index (χ0n) is 10.7. The molecule has 1 heterocycles. The van der Waals surface area contributed by atoms with Gasteiger partial charge in [-0.1, -0.05) is 0 Å². The summed E-state index contributed by atoms with van der Waals surface area (Å²) in [7, 11) is 0. The summed E-state index contributed by atoms with van der Waals surface area (Å²) < 4.78 is 0. The van der Waals surface area contributed by atoms with Gasteiger partial charge in [-0.05, 0) is 32.4 Å². The molecule has 4 N–H and O–H groups in total. The van der Waals surface area contributed by atoms with Gasteiger partial charge in [0.1, 0.15) is 11.4 Å². The van der Waals surface area contributed by atoms with E-state index >= 15 is 0 Å². The fourth-order valence-corrected chi connectivity index (χ4v) is 1.80. The number of hydrogen-bond acceptors (Lipinski definition) is 4. The van der Waals surface area contributed by atoms with E-state index in [2.05, 4.69) is 10.3 Å². The highest BCUT2D eigenvalue weighted by molar-refractivity contribution is 5.95. The Morgan fingerprint density at radius 2 is 2.11 bits per heavy atom. The van der Waals surface area contributed by atoms with Crippen LogP contribution in [0.25, 0.3) is 0 Å². The van der Waals surface area contributed by atoms with Crippen molar-refractivity contribution >= 4 is 17.7 Å². The van der Waals surface area contributed by atoms with Gasteiger partial charge in [0, 0.05) is 18.2 Å². The molecule has 1 unspecified atom stereocenters. The highest BCUT2D eigenvalue weighted by Crippen LogP contribution is 2.19. The van der Waals surface area contributed by atoms with E-state index in [9.17, 15) is 9.59 Å². The average molecular weight is 251 g/mol. The van der Waals surface area contributed by atoms with Crippen LogP contribution in [0.4, 0.5) is 5.82 Å². The Kier molecular flexibility index (Phi) is 4.25. The highest BCUT2D eigenvalue weighted by Gasteiger charge is 2.17. The third-order valence-electron chi connectivity index (χ3n) is 2.45. The summed E-state index contributed by atoms with van der Waals surface area (Å²) in [5, 5.41) is 12.1. The van der Waals surface area contributed by atoms with Gasteiger partial charge >= 0.3 is 5.97 Å². The number of carboxylic acids is 1. The van der Waals surface area contributed by atoms with Crippen LogP contribution in [-0.4, -0.2) is 28.0 Å². The molecule has 0 aliphatic carbocycles. The Hall–Kier alpha value is -2.11. The Bertz CT molecular complexity index is 486. The number of aromatic nitrogens is 1. The van der Waals surface area contributed by atoms with Crippen molar-refractivity contribution in [2.24, 2.45) is 5.73 Å². The lowest BCUT2D eigenvalue weighted by Crippen LogP contribution is -2.25. The van der Waals surface area contributed by atoms with Gasteiger partial charge in [-0.3, -0.25) is 4.79 Å². The Morgan fingerprint density at radius 3 is 2.61 bits per heavy atom. The second-order valence-corrected chi connectivity index (χ2v) is 4.33. The molecular weight excluding hydrogens is 234 g/mol. The van der Waals surface area contributed by atoms with Crippen LogP contribution in [0.2, 0.25) is 0 Å². The molecule has 0 saturated carbocycles. The first-order chi connectivity index (χ1) is 8.31. The van der Waals surface area contributed by atoms with E-state index in [4.69, 9.17) is 10.8 Å². The van der Waals surface area contributed by atoms with Gasteiger partial charge < -0.3 is 16.2 Å². The van der Waals surface area contributed by atoms with Crippen molar-refractivity contribution in [2.75, 3.05) is 5.32 Å². The molecular formula is C12H17N3O3. The van der Waals surface area contributed by atoms with Gasteiger partial charge in [-0.25, -0.2) is 9.78 Å². The topological polar surface area (TPSA) is 105 Å². The lowest BCUT2D eigenvalue weighted by molar-refractivity contribution is -0.118. The number of nitrogens with two attached hydrogens (primary N) is 1. The predicted molar refractivity (Wildman–Crippen MR) is 67.6 cm³/mol. The number of carbonyl (C=O) groups is 2. The summed E-state index contributed by atoms with van der Waals surface area (Å²) in [5.41, 5.74) is 6.55. The standard InChI is InChI=1S/C12H17N3O3/c1-6-4-7(2)14-11(10(6)12(17)18)15-8(3)5-9(13)16/h4,8H,5H2,1-3H3,(H2,13,16)(H,14,15)(H,17,18). The minimum Gasteiger partial charge on any atom is -0.478 e. The van der Waals surface area contributed by atoms with E-state index in [0.29, 0.717) is 11.3 Å². The lowest BCUT2D eigenvalue weighted by atomic mass is 10.1. The van der Waals surface area contributed by atoms with E-state index in [1.54, 1.807) is 26.8 Å². The number of pyridine rings is 1. The number of aromatic carboxylic acids is 1. The first kappa shape index (κ1) is 14.0. The Morgan fingerprint density at radius 1 is 1.50 bits per heavy atom. The van der Waals surface area contributed by atoms with Crippen LogP contribution in [0.5, 0.6) is 0 Å². The molecule has 0 fully saturated rings. The zero-order valence-corrected chi connectivity index (χ0v) is 10.7. The van der Waals surface area contributed by atoms with Crippen molar-refractivity contribution in [3.63, 3.8) is 0 Å². The van der Waals surface area contributed by atoms with Crippen LogP contribution in [-0.2, 0) is 4.79 Å². The van der Waals surface area contributed by atoms with E-state index in [1.165, 1.54) is 0 Å². The van der Waals surface area contributed by atoms with E-state index in [0.717, 1.165) is 0 Å². The molecule has 0 radical (unpaired) electrons. The molecule has 1 aromatic rings. The number of nitrogens with zero attached hydrogens (tertiary/aromatic N) is 1. The van der Waals surface area contributed by atoms with Crippen LogP contribution in [0.3, 0.4) is 0 Å². The van der Waals surface area contributed by atoms with Crippen molar-refractivity contribution in [1.82, 2.24) is 4.98 Å². The van der Waals surface area contributed by atoms with Crippen molar-refractivity contribution in [3.8, 4) is 0 Å². The van der Waals surface area contributed by atoms with Gasteiger partial charge in [0.25, 0.3) is 0 Å². The maximum absolute atomic E-state index is 11.2. The van der Waals surface area contributed by atoms with Crippen LogP contribution in [0, 0.1) is 13.8 Å². The van der Waals surface area contributed by atoms with Crippen LogP contribution < -0.4 is 11.1 Å². The molecule has 1 aromatic heterocycles. The number of nitrogens with one attached hydrogen (secondary N) is 1. The van der Waals surface area contributed by atoms with Gasteiger partial charge in [0.2, 0.25) is 5.91 Å². The van der Waals surface area contributed by atoms with Gasteiger partial charge in [0.05, 0.1) is 0 Å². The molecule has 6 heteroatoms. The molecule has 18 heavy (non-hydrogen) atoms. The van der Waals surface area contributed by atoms with Gasteiger partial charge in [-0.15, -0.1) is 0 Å². The second kappa shape index (κ2) is 5.48. The average Bonchev–Trinajstić information content (AvgIpc) is 2.12. The summed E-state index contributed by atoms with van der Waals surface area (Å²) in [5.74, 6) is -1.22. The fourth-order valence-electron chi connectivity index (χ4n) is 1.80. The summed E-state index contributed by atoms with van der Waals surface area (Å²) in [6.07, 6.45) is 0.119. The highest BCUT2D eigenvalue weighted by atomic mass is 16.4. The molecule has 1 amide bonds. The third kappa shape index (κ3) is 3.44. The smallest absolute Gasteiger partial charge is 0.339 e. The molecule has 6 nitrogen and oxygen atoms in total. The lowest BCUT2D eigenvalue weighted by Gasteiger charge is -2.16. The van der Waals surface area contributed by atoms with Crippen LogP contribution in [0.1, 0.15) is 35.0 Å². The Balaban J connectivity index is 3.07. The molecule has 0 aliphatic rings. The first-order valence-electron chi connectivity index (χ1n) is 5.57. The molecule has 0 bridgehead atoms. The SMILES string of the molecule is Cc1cc(C)c(C(=O)O)c(NC(C)CC(N)=O)n1. The van der Waals surface area contributed by atoms with Crippen molar-refractivity contribution < 1.29 is 14.7 Å². The normalized spacial score (nSPS) is 11.9. The van der Waals surface area contributed by atoms with Crippen molar-refractivity contribution in [2.45, 2.75) is 33.2 Å². The zero-order chi connectivity index (χ0) is 13.9. The Labute approximate surface area is 105 Å². The summed E-state index contributed by atoms with van der Waals surface area (Å²) in [6, 6.07) is 1.43. The summed E-state index contributed by atoms with van der Waals surface area (Å²) in [4.78, 5) is 26.1. The molecule has 0 aromatic carbocycles. The second-order valence-electron chi connectivity index (χ2n) is 4.33. The summed E-state index contributed by atoms with van der Waals surface area (Å²) in [6.45, 7) is 5.24. The van der Waals surface area contributed by atoms with E-state index in [1.807, 2.05) is 0 Å². The van der Waals surface area contributed by atoms with E-state index in [-0.39, 0.29) is 23.8 Å². The number of anilines is 1. The van der Waals surface area contributed by atoms with E-state index < -0.39 is 11.9 Å². The number of aryl methyl sites for hydroxylation is 2. The number of primary amides is 1. The minimum atomic E-state index is -1.05. The minimum absolute atomic E-state index is 0.119. The molecule has 0 spiro atoms.